The first kappa shape index (κ1) is 10.3. The van der Waals surface area contributed by atoms with Gasteiger partial charge in [-0.2, -0.15) is 0 Å². The number of hydrogen-bond acceptors (Lipinski definition) is 2. The number of piperidine rings is 1. The summed E-state index contributed by atoms with van der Waals surface area (Å²) in [6, 6.07) is 4.65. The highest BCUT2D eigenvalue weighted by molar-refractivity contribution is 5.67. The van der Waals surface area contributed by atoms with Gasteiger partial charge >= 0.3 is 0 Å². The van der Waals surface area contributed by atoms with Crippen molar-refractivity contribution in [2.45, 2.75) is 19.8 Å². The molecule has 82 valence electrons. The van der Waals surface area contributed by atoms with Crippen molar-refractivity contribution in [1.29, 1.82) is 0 Å². The second kappa shape index (κ2) is 4.09. The third-order valence-corrected chi connectivity index (χ3v) is 3.11. The first-order valence-electron chi connectivity index (χ1n) is 5.47. The quantitative estimate of drug-likeness (QED) is 0.719. The van der Waals surface area contributed by atoms with Crippen LogP contribution in [0.3, 0.4) is 0 Å². The number of rotatable bonds is 1. The van der Waals surface area contributed by atoms with E-state index in [9.17, 15) is 4.39 Å². The van der Waals surface area contributed by atoms with E-state index in [1.807, 2.05) is 0 Å². The van der Waals surface area contributed by atoms with Gasteiger partial charge in [0, 0.05) is 13.1 Å². The highest BCUT2D eigenvalue weighted by Crippen LogP contribution is 2.28. The monoisotopic (exact) mass is 208 g/mol. The molecule has 0 aliphatic carbocycles. The Morgan fingerprint density at radius 2 is 2.00 bits per heavy atom. The zero-order valence-corrected chi connectivity index (χ0v) is 9.04. The van der Waals surface area contributed by atoms with Gasteiger partial charge in [-0.25, -0.2) is 4.39 Å². The van der Waals surface area contributed by atoms with Gasteiger partial charge in [0.25, 0.3) is 0 Å². The predicted molar refractivity (Wildman–Crippen MR) is 61.4 cm³/mol. The van der Waals surface area contributed by atoms with Gasteiger partial charge in [0.15, 0.2) is 0 Å². The van der Waals surface area contributed by atoms with Crippen LogP contribution in [0.2, 0.25) is 0 Å². The number of hydrogen-bond donors (Lipinski definition) is 1. The van der Waals surface area contributed by atoms with Gasteiger partial charge in [-0.3, -0.25) is 0 Å². The zero-order valence-electron chi connectivity index (χ0n) is 9.04. The van der Waals surface area contributed by atoms with Crippen LogP contribution in [0, 0.1) is 11.7 Å². The second-order valence-electron chi connectivity index (χ2n) is 4.37. The van der Waals surface area contributed by atoms with Crippen molar-refractivity contribution < 1.29 is 4.39 Å². The molecule has 1 aliphatic rings. The summed E-state index contributed by atoms with van der Waals surface area (Å²) in [6.45, 7) is 4.32. The molecule has 0 unspecified atom stereocenters. The number of anilines is 2. The summed E-state index contributed by atoms with van der Waals surface area (Å²) < 4.78 is 12.9. The van der Waals surface area contributed by atoms with E-state index in [0.717, 1.165) is 24.7 Å². The van der Waals surface area contributed by atoms with Crippen molar-refractivity contribution in [2.24, 2.45) is 5.92 Å². The maximum atomic E-state index is 12.9. The van der Waals surface area contributed by atoms with Crippen LogP contribution in [0.15, 0.2) is 18.2 Å². The van der Waals surface area contributed by atoms with E-state index in [2.05, 4.69) is 11.8 Å². The highest BCUT2D eigenvalue weighted by Gasteiger charge is 2.17. The Bertz CT molecular complexity index is 343. The van der Waals surface area contributed by atoms with Gasteiger partial charge in [0.05, 0.1) is 11.4 Å². The summed E-state index contributed by atoms with van der Waals surface area (Å²) >= 11 is 0. The molecule has 0 atom stereocenters. The topological polar surface area (TPSA) is 29.3 Å². The zero-order chi connectivity index (χ0) is 10.8. The van der Waals surface area contributed by atoms with E-state index in [1.165, 1.54) is 25.0 Å². The molecule has 1 heterocycles. The minimum absolute atomic E-state index is 0.262. The summed E-state index contributed by atoms with van der Waals surface area (Å²) in [5, 5.41) is 0. The fraction of sp³-hybridized carbons (Fsp3) is 0.500. The van der Waals surface area contributed by atoms with Gasteiger partial charge in [-0.05, 0) is 37.0 Å². The average molecular weight is 208 g/mol. The maximum Gasteiger partial charge on any atom is 0.125 e. The van der Waals surface area contributed by atoms with Gasteiger partial charge in [0.2, 0.25) is 0 Å². The van der Waals surface area contributed by atoms with E-state index in [0.29, 0.717) is 5.69 Å². The molecule has 1 fully saturated rings. The molecule has 15 heavy (non-hydrogen) atoms. The van der Waals surface area contributed by atoms with Gasteiger partial charge in [-0.1, -0.05) is 6.92 Å². The van der Waals surface area contributed by atoms with Gasteiger partial charge in [0.1, 0.15) is 5.82 Å². The SMILES string of the molecule is CC1CCN(c2ccc(F)cc2N)CC1. The second-order valence-corrected chi connectivity index (χ2v) is 4.37. The lowest BCUT2D eigenvalue weighted by molar-refractivity contribution is 0.438. The molecule has 0 saturated carbocycles. The van der Waals surface area contributed by atoms with Crippen LogP contribution in [0.1, 0.15) is 19.8 Å². The van der Waals surface area contributed by atoms with E-state index in [-0.39, 0.29) is 5.82 Å². The Labute approximate surface area is 89.9 Å². The van der Waals surface area contributed by atoms with Crippen molar-refractivity contribution in [3.63, 3.8) is 0 Å². The maximum absolute atomic E-state index is 12.9. The van der Waals surface area contributed by atoms with Crippen LogP contribution in [0.4, 0.5) is 15.8 Å². The molecular weight excluding hydrogens is 191 g/mol. The van der Waals surface area contributed by atoms with Crippen molar-refractivity contribution in [1.82, 2.24) is 0 Å². The summed E-state index contributed by atoms with van der Waals surface area (Å²) in [5.41, 5.74) is 7.33. The molecule has 0 radical (unpaired) electrons. The molecule has 0 amide bonds. The van der Waals surface area contributed by atoms with Crippen LogP contribution in [-0.2, 0) is 0 Å². The molecule has 2 nitrogen and oxygen atoms in total. The van der Waals surface area contributed by atoms with Crippen LogP contribution < -0.4 is 10.6 Å². The number of nitrogens with two attached hydrogens (primary N) is 1. The van der Waals surface area contributed by atoms with Crippen LogP contribution in [0.25, 0.3) is 0 Å². The molecule has 1 saturated heterocycles. The summed E-state index contributed by atoms with van der Waals surface area (Å²) in [7, 11) is 0. The summed E-state index contributed by atoms with van der Waals surface area (Å²) in [4.78, 5) is 2.24. The fourth-order valence-electron chi connectivity index (χ4n) is 2.06. The normalized spacial score (nSPS) is 18.1. The number of benzene rings is 1. The molecule has 0 bridgehead atoms. The molecule has 1 aliphatic heterocycles. The lowest BCUT2D eigenvalue weighted by atomic mass is 9.98. The van der Waals surface area contributed by atoms with Crippen molar-refractivity contribution >= 4 is 11.4 Å². The van der Waals surface area contributed by atoms with Gasteiger partial charge in [-0.15, -0.1) is 0 Å². The van der Waals surface area contributed by atoms with Crippen molar-refractivity contribution in [3.05, 3.63) is 24.0 Å². The van der Waals surface area contributed by atoms with Crippen LogP contribution in [0.5, 0.6) is 0 Å². The van der Waals surface area contributed by atoms with Crippen molar-refractivity contribution in [3.8, 4) is 0 Å². The molecule has 2 rings (SSSR count). The summed E-state index contributed by atoms with van der Waals surface area (Å²) in [6.07, 6.45) is 2.38. The summed E-state index contributed by atoms with van der Waals surface area (Å²) in [5.74, 6) is 0.532. The Kier molecular flexibility index (Phi) is 2.80. The Morgan fingerprint density at radius 1 is 1.33 bits per heavy atom. The van der Waals surface area contributed by atoms with E-state index in [4.69, 9.17) is 5.73 Å². The Morgan fingerprint density at radius 3 is 2.60 bits per heavy atom. The lowest BCUT2D eigenvalue weighted by Crippen LogP contribution is -2.33. The molecule has 0 aromatic heterocycles. The number of halogens is 1. The molecule has 1 aromatic carbocycles. The average Bonchev–Trinajstić information content (AvgIpc) is 2.20. The minimum Gasteiger partial charge on any atom is -0.397 e. The third-order valence-electron chi connectivity index (χ3n) is 3.11. The van der Waals surface area contributed by atoms with E-state index < -0.39 is 0 Å². The predicted octanol–water partition coefficient (Wildman–Crippen LogP) is 2.64. The Hall–Kier alpha value is -1.25. The third kappa shape index (κ3) is 2.22. The Balaban J connectivity index is 2.15. The minimum atomic E-state index is -0.262. The molecule has 1 aromatic rings. The lowest BCUT2D eigenvalue weighted by Gasteiger charge is -2.32. The molecule has 0 spiro atoms. The van der Waals surface area contributed by atoms with Crippen LogP contribution >= 0.6 is 0 Å². The van der Waals surface area contributed by atoms with E-state index >= 15 is 0 Å². The first-order chi connectivity index (χ1) is 7.16. The standard InChI is InChI=1S/C12H17FN2/c1-9-4-6-15(7-5-9)12-3-2-10(13)8-11(12)14/h2-3,8-9H,4-7,14H2,1H3. The van der Waals surface area contributed by atoms with Crippen LogP contribution in [-0.4, -0.2) is 13.1 Å². The highest BCUT2D eigenvalue weighted by atomic mass is 19.1. The fourth-order valence-corrected chi connectivity index (χ4v) is 2.06. The molecular formula is C12H17FN2. The first-order valence-corrected chi connectivity index (χ1v) is 5.47. The van der Waals surface area contributed by atoms with E-state index in [1.54, 1.807) is 6.07 Å². The molecule has 2 N–H and O–H groups in total. The van der Waals surface area contributed by atoms with Crippen molar-refractivity contribution in [2.75, 3.05) is 23.7 Å². The smallest absolute Gasteiger partial charge is 0.125 e. The molecule has 3 heteroatoms. The number of nitrogens with zero attached hydrogens (tertiary/aromatic N) is 1. The number of nitrogen functional groups attached to an aromatic ring is 1. The van der Waals surface area contributed by atoms with Gasteiger partial charge < -0.3 is 10.6 Å². The largest absolute Gasteiger partial charge is 0.397 e.